The van der Waals surface area contributed by atoms with Crippen LogP contribution in [0.25, 0.3) is 0 Å². The second kappa shape index (κ2) is 5.09. The lowest BCUT2D eigenvalue weighted by molar-refractivity contribution is -0.141. The molecule has 0 radical (unpaired) electrons. The molecule has 3 nitrogen and oxygen atoms in total. The van der Waals surface area contributed by atoms with E-state index in [1.54, 1.807) is 6.07 Å². The number of ether oxygens (including phenoxy) is 1. The van der Waals surface area contributed by atoms with Gasteiger partial charge in [0.2, 0.25) is 0 Å². The van der Waals surface area contributed by atoms with Gasteiger partial charge in [0.15, 0.2) is 0 Å². The van der Waals surface area contributed by atoms with E-state index in [4.69, 9.17) is 17.3 Å². The molecule has 0 aliphatic carbocycles. The summed E-state index contributed by atoms with van der Waals surface area (Å²) >= 11 is 5.51. The number of hydrogen-bond acceptors (Lipinski definition) is 3. The predicted molar refractivity (Wildman–Crippen MR) is 55.0 cm³/mol. The molecule has 0 aliphatic rings. The molecule has 5 heteroatoms. The lowest BCUT2D eigenvalue weighted by atomic mass is 10.0. The van der Waals surface area contributed by atoms with Gasteiger partial charge < -0.3 is 10.5 Å². The minimum Gasteiger partial charge on any atom is -0.469 e. The lowest BCUT2D eigenvalue weighted by Crippen LogP contribution is -2.16. The molecule has 1 rings (SSSR count). The maximum Gasteiger partial charge on any atom is 0.307 e. The summed E-state index contributed by atoms with van der Waals surface area (Å²) in [5.41, 5.74) is 6.20. The van der Waals surface area contributed by atoms with E-state index >= 15 is 0 Å². The summed E-state index contributed by atoms with van der Waals surface area (Å²) in [6.07, 6.45) is 0.0115. The largest absolute Gasteiger partial charge is 0.469 e. The number of methoxy groups -OCH3 is 1. The molecule has 0 amide bonds. The average Bonchev–Trinajstić information content (AvgIpc) is 2.21. The Morgan fingerprint density at radius 3 is 2.87 bits per heavy atom. The van der Waals surface area contributed by atoms with Crippen molar-refractivity contribution in [2.24, 2.45) is 5.73 Å². The van der Waals surface area contributed by atoms with Crippen LogP contribution in [0.3, 0.4) is 0 Å². The molecule has 0 bridgehead atoms. The fourth-order valence-corrected chi connectivity index (χ4v) is 1.24. The van der Waals surface area contributed by atoms with Gasteiger partial charge in [-0.05, 0) is 17.7 Å². The highest BCUT2D eigenvalue weighted by atomic mass is 35.5. The van der Waals surface area contributed by atoms with Gasteiger partial charge in [-0.15, -0.1) is 0 Å². The van der Waals surface area contributed by atoms with Crippen molar-refractivity contribution in [3.05, 3.63) is 34.6 Å². The van der Waals surface area contributed by atoms with Gasteiger partial charge in [-0.2, -0.15) is 0 Å². The Kier molecular flexibility index (Phi) is 4.05. The highest BCUT2D eigenvalue weighted by molar-refractivity contribution is 6.30. The topological polar surface area (TPSA) is 52.3 Å². The summed E-state index contributed by atoms with van der Waals surface area (Å²) in [6.45, 7) is 0. The van der Waals surface area contributed by atoms with E-state index < -0.39 is 17.8 Å². The van der Waals surface area contributed by atoms with Gasteiger partial charge in [0, 0.05) is 6.04 Å². The van der Waals surface area contributed by atoms with Crippen molar-refractivity contribution in [3.63, 3.8) is 0 Å². The normalized spacial score (nSPS) is 12.3. The first-order chi connectivity index (χ1) is 7.04. The second-order valence-corrected chi connectivity index (χ2v) is 3.47. The first kappa shape index (κ1) is 11.9. The third-order valence-electron chi connectivity index (χ3n) is 1.99. The first-order valence-electron chi connectivity index (χ1n) is 4.32. The maximum atomic E-state index is 13.1. The molecule has 0 saturated heterocycles. The highest BCUT2D eigenvalue weighted by Crippen LogP contribution is 2.20. The molecule has 15 heavy (non-hydrogen) atoms. The van der Waals surface area contributed by atoms with Gasteiger partial charge in [0.25, 0.3) is 0 Å². The summed E-state index contributed by atoms with van der Waals surface area (Å²) < 4.78 is 17.5. The molecule has 0 spiro atoms. The van der Waals surface area contributed by atoms with Gasteiger partial charge in [0.05, 0.1) is 18.6 Å². The maximum absolute atomic E-state index is 13.1. The molecule has 1 aromatic rings. The first-order valence-corrected chi connectivity index (χ1v) is 4.69. The summed E-state index contributed by atoms with van der Waals surface area (Å²) in [7, 11) is 1.28. The Morgan fingerprint density at radius 1 is 1.67 bits per heavy atom. The molecule has 1 unspecified atom stereocenters. The Labute approximate surface area is 92.0 Å². The molecule has 0 aromatic heterocycles. The fourth-order valence-electron chi connectivity index (χ4n) is 1.12. The van der Waals surface area contributed by atoms with Gasteiger partial charge >= 0.3 is 5.97 Å². The van der Waals surface area contributed by atoms with Crippen molar-refractivity contribution < 1.29 is 13.9 Å². The molecule has 1 aromatic carbocycles. The highest BCUT2D eigenvalue weighted by Gasteiger charge is 2.13. The smallest absolute Gasteiger partial charge is 0.307 e. The number of esters is 1. The molecule has 0 heterocycles. The predicted octanol–water partition coefficient (Wildman–Crippen LogP) is 2.04. The molecule has 0 saturated carbocycles. The number of nitrogens with two attached hydrogens (primary N) is 1. The van der Waals surface area contributed by atoms with Gasteiger partial charge in [-0.25, -0.2) is 4.39 Å². The van der Waals surface area contributed by atoms with Crippen LogP contribution in [0, 0.1) is 5.82 Å². The van der Waals surface area contributed by atoms with Crippen LogP contribution >= 0.6 is 11.6 Å². The zero-order valence-corrected chi connectivity index (χ0v) is 8.92. The third kappa shape index (κ3) is 3.18. The monoisotopic (exact) mass is 231 g/mol. The van der Waals surface area contributed by atoms with E-state index in [1.807, 2.05) is 0 Å². The lowest BCUT2D eigenvalue weighted by Gasteiger charge is -2.10. The van der Waals surface area contributed by atoms with Gasteiger partial charge in [0.1, 0.15) is 5.82 Å². The van der Waals surface area contributed by atoms with Gasteiger partial charge in [-0.1, -0.05) is 17.7 Å². The molecule has 0 aliphatic heterocycles. The average molecular weight is 232 g/mol. The minimum absolute atomic E-state index is 0.0115. The van der Waals surface area contributed by atoms with E-state index in [-0.39, 0.29) is 11.4 Å². The van der Waals surface area contributed by atoms with Crippen LogP contribution in [0.1, 0.15) is 18.0 Å². The summed E-state index contributed by atoms with van der Waals surface area (Å²) in [6, 6.07) is 3.63. The summed E-state index contributed by atoms with van der Waals surface area (Å²) in [5, 5.41) is 0.0315. The number of benzene rings is 1. The molecular weight excluding hydrogens is 221 g/mol. The number of carbonyl (C=O) groups excluding carboxylic acids is 1. The summed E-state index contributed by atoms with van der Waals surface area (Å²) in [5.74, 6) is -0.979. The van der Waals surface area contributed by atoms with E-state index in [1.165, 1.54) is 19.2 Å². The van der Waals surface area contributed by atoms with Crippen molar-refractivity contribution >= 4 is 17.6 Å². The second-order valence-electron chi connectivity index (χ2n) is 3.06. The number of hydrogen-bond donors (Lipinski definition) is 1. The molecule has 1 atom stereocenters. The quantitative estimate of drug-likeness (QED) is 0.810. The van der Waals surface area contributed by atoms with Crippen LogP contribution in [-0.2, 0) is 9.53 Å². The van der Waals surface area contributed by atoms with Crippen LogP contribution in [0.5, 0.6) is 0 Å². The standard InChI is InChI=1S/C10H11ClFNO2/c1-15-10(14)5-9(13)6-2-3-7(11)8(12)4-6/h2-4,9H,5,13H2,1H3. The summed E-state index contributed by atoms with van der Waals surface area (Å²) in [4.78, 5) is 10.9. The van der Waals surface area contributed by atoms with Gasteiger partial charge in [-0.3, -0.25) is 4.79 Å². The van der Waals surface area contributed by atoms with Crippen LogP contribution in [0.15, 0.2) is 18.2 Å². The van der Waals surface area contributed by atoms with Crippen molar-refractivity contribution in [1.82, 2.24) is 0 Å². The SMILES string of the molecule is COC(=O)CC(N)c1ccc(Cl)c(F)c1. The minimum atomic E-state index is -0.579. The molecule has 0 fully saturated rings. The molecular formula is C10H11ClFNO2. The van der Waals surface area contributed by atoms with Crippen LogP contribution in [0.4, 0.5) is 4.39 Å². The van der Waals surface area contributed by atoms with Crippen molar-refractivity contribution in [2.45, 2.75) is 12.5 Å². The van der Waals surface area contributed by atoms with Crippen LogP contribution in [-0.4, -0.2) is 13.1 Å². The van der Waals surface area contributed by atoms with E-state index in [9.17, 15) is 9.18 Å². The van der Waals surface area contributed by atoms with Crippen LogP contribution < -0.4 is 5.73 Å². The van der Waals surface area contributed by atoms with Crippen molar-refractivity contribution in [2.75, 3.05) is 7.11 Å². The molecule has 82 valence electrons. The third-order valence-corrected chi connectivity index (χ3v) is 2.29. The van der Waals surface area contributed by atoms with E-state index in [0.717, 1.165) is 0 Å². The van der Waals surface area contributed by atoms with Crippen LogP contribution in [0.2, 0.25) is 5.02 Å². The zero-order valence-electron chi connectivity index (χ0n) is 8.17. The Morgan fingerprint density at radius 2 is 2.33 bits per heavy atom. The Balaban J connectivity index is 2.78. The fraction of sp³-hybridized carbons (Fsp3) is 0.300. The van der Waals surface area contributed by atoms with Crippen molar-refractivity contribution in [3.8, 4) is 0 Å². The molecule has 2 N–H and O–H groups in total. The van der Waals surface area contributed by atoms with E-state index in [2.05, 4.69) is 4.74 Å². The number of carbonyl (C=O) groups is 1. The van der Waals surface area contributed by atoms with E-state index in [0.29, 0.717) is 5.56 Å². The number of rotatable bonds is 3. The Bertz CT molecular complexity index is 370. The zero-order chi connectivity index (χ0) is 11.4. The van der Waals surface area contributed by atoms with Crippen molar-refractivity contribution in [1.29, 1.82) is 0 Å². The Hall–Kier alpha value is -1.13. The number of halogens is 2.